The second kappa shape index (κ2) is 36.6. The molecule has 0 aromatic carbocycles. The summed E-state index contributed by atoms with van der Waals surface area (Å²) in [6, 6.07) is -0.866. The van der Waals surface area contributed by atoms with Gasteiger partial charge in [0.25, 0.3) is 0 Å². The minimum atomic E-state index is -4.35. The number of unbranched alkanes of at least 4 members (excludes halogenated alkanes) is 14. The maximum atomic E-state index is 12.8. The summed E-state index contributed by atoms with van der Waals surface area (Å²) in [4.78, 5) is 23.1. The van der Waals surface area contributed by atoms with Crippen molar-refractivity contribution in [1.29, 1.82) is 0 Å². The molecule has 0 spiro atoms. The van der Waals surface area contributed by atoms with E-state index in [4.69, 9.17) is 9.05 Å². The van der Waals surface area contributed by atoms with Crippen molar-refractivity contribution in [3.8, 4) is 0 Å². The zero-order valence-corrected chi connectivity index (χ0v) is 36.1. The van der Waals surface area contributed by atoms with E-state index in [-0.39, 0.29) is 19.1 Å². The molecule has 0 radical (unpaired) electrons. The number of carbonyl (C=O) groups is 1. The fourth-order valence-corrected chi connectivity index (χ4v) is 6.27. The molecule has 312 valence electrons. The molecule has 8 nitrogen and oxygen atoms in total. The first-order valence-corrected chi connectivity index (χ1v) is 22.8. The molecule has 0 bridgehead atoms. The summed E-state index contributed by atoms with van der Waals surface area (Å²) >= 11 is 0. The monoisotopic (exact) mass is 778 g/mol. The Balaban J connectivity index is 4.54. The van der Waals surface area contributed by atoms with Gasteiger partial charge in [-0.1, -0.05) is 157 Å². The highest BCUT2D eigenvalue weighted by molar-refractivity contribution is 7.47. The summed E-state index contributed by atoms with van der Waals surface area (Å²) in [6.45, 7) is 4.64. The first-order chi connectivity index (χ1) is 26.0. The van der Waals surface area contributed by atoms with Crippen LogP contribution in [0, 0.1) is 0 Å². The second-order valence-electron chi connectivity index (χ2n) is 15.3. The van der Waals surface area contributed by atoms with Crippen LogP contribution in [-0.2, 0) is 18.4 Å². The summed E-state index contributed by atoms with van der Waals surface area (Å²) in [5.41, 5.74) is 0. The number of nitrogens with zero attached hydrogens (tertiary/aromatic N) is 1. The third kappa shape index (κ3) is 38.2. The smallest absolute Gasteiger partial charge is 0.387 e. The molecule has 1 amide bonds. The van der Waals surface area contributed by atoms with E-state index in [0.29, 0.717) is 17.4 Å². The Labute approximate surface area is 332 Å². The predicted molar refractivity (Wildman–Crippen MR) is 230 cm³/mol. The van der Waals surface area contributed by atoms with Gasteiger partial charge in [0.05, 0.1) is 39.9 Å². The van der Waals surface area contributed by atoms with Gasteiger partial charge in [0, 0.05) is 6.42 Å². The molecule has 0 saturated heterocycles. The van der Waals surface area contributed by atoms with Crippen molar-refractivity contribution in [2.75, 3.05) is 40.9 Å². The molecule has 3 atom stereocenters. The van der Waals surface area contributed by atoms with Crippen molar-refractivity contribution in [2.24, 2.45) is 0 Å². The van der Waals surface area contributed by atoms with Crippen LogP contribution >= 0.6 is 7.82 Å². The van der Waals surface area contributed by atoms with Crippen LogP contribution in [0.15, 0.2) is 72.9 Å². The van der Waals surface area contributed by atoms with Gasteiger partial charge in [-0.15, -0.1) is 0 Å². The number of phosphoric acid groups is 1. The molecule has 0 aliphatic carbocycles. The summed E-state index contributed by atoms with van der Waals surface area (Å²) in [7, 11) is 1.53. The summed E-state index contributed by atoms with van der Waals surface area (Å²) < 4.78 is 23.5. The van der Waals surface area contributed by atoms with E-state index in [9.17, 15) is 19.4 Å². The zero-order chi connectivity index (χ0) is 40.0. The lowest BCUT2D eigenvalue weighted by molar-refractivity contribution is -0.870. The van der Waals surface area contributed by atoms with Gasteiger partial charge in [0.2, 0.25) is 5.91 Å². The lowest BCUT2D eigenvalue weighted by Gasteiger charge is -2.25. The number of likely N-dealkylation sites (N-methyl/N-ethyl adjacent to an activating group) is 1. The Morgan fingerprint density at radius 1 is 0.648 bits per heavy atom. The first-order valence-electron chi connectivity index (χ1n) is 21.3. The van der Waals surface area contributed by atoms with Crippen LogP contribution in [0.4, 0.5) is 0 Å². The molecule has 0 aliphatic heterocycles. The fraction of sp³-hybridized carbons (Fsp3) is 0.711. The normalized spacial score (nSPS) is 15.2. The van der Waals surface area contributed by atoms with Gasteiger partial charge in [-0.2, -0.15) is 0 Å². The average molecular weight is 778 g/mol. The molecule has 0 heterocycles. The Morgan fingerprint density at radius 2 is 1.11 bits per heavy atom. The fourth-order valence-electron chi connectivity index (χ4n) is 5.54. The van der Waals surface area contributed by atoms with Gasteiger partial charge in [-0.05, 0) is 64.2 Å². The Morgan fingerprint density at radius 3 is 1.63 bits per heavy atom. The number of quaternary nitrogens is 1. The number of aliphatic hydroxyl groups is 1. The highest BCUT2D eigenvalue weighted by atomic mass is 31.2. The molecular weight excluding hydrogens is 695 g/mol. The van der Waals surface area contributed by atoms with E-state index < -0.39 is 20.0 Å². The topological polar surface area (TPSA) is 105 Å². The van der Waals surface area contributed by atoms with Crippen molar-refractivity contribution in [2.45, 2.75) is 167 Å². The van der Waals surface area contributed by atoms with Crippen LogP contribution in [0.25, 0.3) is 0 Å². The third-order valence-electron chi connectivity index (χ3n) is 8.93. The first kappa shape index (κ1) is 51.9. The number of phosphoric ester groups is 1. The molecule has 9 heteroatoms. The number of hydrogen-bond donors (Lipinski definition) is 3. The van der Waals surface area contributed by atoms with Crippen molar-refractivity contribution in [1.82, 2.24) is 5.32 Å². The lowest BCUT2D eigenvalue weighted by atomic mass is 10.0. The Hall–Kier alpha value is -2.06. The highest BCUT2D eigenvalue weighted by Crippen LogP contribution is 2.43. The molecule has 0 rings (SSSR count). The molecule has 54 heavy (non-hydrogen) atoms. The maximum Gasteiger partial charge on any atom is 0.472 e. The third-order valence-corrected chi connectivity index (χ3v) is 9.92. The quantitative estimate of drug-likeness (QED) is 0.0251. The van der Waals surface area contributed by atoms with E-state index in [2.05, 4.69) is 79.9 Å². The van der Waals surface area contributed by atoms with Gasteiger partial charge in [0.1, 0.15) is 13.2 Å². The van der Waals surface area contributed by atoms with E-state index in [0.717, 1.165) is 77.0 Å². The second-order valence-corrected chi connectivity index (χ2v) is 16.8. The maximum absolute atomic E-state index is 12.8. The van der Waals surface area contributed by atoms with Gasteiger partial charge >= 0.3 is 7.82 Å². The van der Waals surface area contributed by atoms with Crippen LogP contribution in [0.5, 0.6) is 0 Å². The Bertz CT molecular complexity index is 1110. The van der Waals surface area contributed by atoms with E-state index in [1.54, 1.807) is 6.08 Å². The van der Waals surface area contributed by atoms with Gasteiger partial charge in [0.15, 0.2) is 0 Å². The zero-order valence-electron chi connectivity index (χ0n) is 35.2. The number of hydrogen-bond acceptors (Lipinski definition) is 5. The number of amides is 1. The largest absolute Gasteiger partial charge is 0.472 e. The van der Waals surface area contributed by atoms with Gasteiger partial charge in [-0.25, -0.2) is 4.57 Å². The van der Waals surface area contributed by atoms with Crippen LogP contribution in [-0.4, -0.2) is 73.4 Å². The Kier molecular flexibility index (Phi) is 35.2. The van der Waals surface area contributed by atoms with Crippen molar-refractivity contribution < 1.29 is 32.9 Å². The number of aliphatic hydroxyl groups excluding tert-OH is 1. The van der Waals surface area contributed by atoms with Crippen molar-refractivity contribution in [3.05, 3.63) is 72.9 Å². The number of allylic oxidation sites excluding steroid dienone is 11. The number of nitrogens with one attached hydrogen (secondary N) is 1. The summed E-state index contributed by atoms with van der Waals surface area (Å²) in [5, 5.41) is 13.8. The molecule has 0 aromatic rings. The molecule has 0 aromatic heterocycles. The van der Waals surface area contributed by atoms with Crippen molar-refractivity contribution in [3.63, 3.8) is 0 Å². The minimum absolute atomic E-state index is 0.0509. The van der Waals surface area contributed by atoms with E-state index in [1.807, 2.05) is 27.2 Å². The number of rotatable bonds is 37. The van der Waals surface area contributed by atoms with E-state index in [1.165, 1.54) is 57.8 Å². The molecular formula is C45H82N2O6P+. The average Bonchev–Trinajstić information content (AvgIpc) is 3.12. The molecule has 3 N–H and O–H groups in total. The van der Waals surface area contributed by atoms with Crippen LogP contribution in [0.2, 0.25) is 0 Å². The predicted octanol–water partition coefficient (Wildman–Crippen LogP) is 11.6. The SMILES string of the molecule is CC/C=C\C/C=C\C/C=C\C/C=C\C/C=C\CCCCCC(=O)NC(COP(=O)(O)OCC[N+](C)(C)C)C(O)/C=C/CCCCCCCCCCCCC. The van der Waals surface area contributed by atoms with E-state index >= 15 is 0 Å². The van der Waals surface area contributed by atoms with Crippen LogP contribution in [0.3, 0.4) is 0 Å². The molecule has 0 saturated carbocycles. The van der Waals surface area contributed by atoms with Gasteiger partial charge in [-0.3, -0.25) is 13.8 Å². The van der Waals surface area contributed by atoms with Crippen LogP contribution < -0.4 is 5.32 Å². The number of carbonyl (C=O) groups excluding carboxylic acids is 1. The standard InChI is InChI=1S/C45H81N2O6P/c1-6-8-10-12-14-16-18-20-21-22-23-24-25-27-29-31-33-35-37-39-45(49)46-43(42-53-54(50,51)52-41-40-47(3,4)5)44(48)38-36-34-32-30-28-26-19-17-15-13-11-9-7-2/h8,10,14,16,20-21,23-24,27,29,36,38,43-44,48H,6-7,9,11-13,15,17-19,22,25-26,28,30-35,37,39-42H2,1-5H3,(H-,46,49,50,51)/p+1/b10-8-,16-14-,21-20-,24-23-,29-27-,38-36+. The van der Waals surface area contributed by atoms with Gasteiger partial charge < -0.3 is 19.8 Å². The summed E-state index contributed by atoms with van der Waals surface area (Å²) in [6.07, 6.45) is 48.2. The molecule has 0 fully saturated rings. The highest BCUT2D eigenvalue weighted by Gasteiger charge is 2.27. The lowest BCUT2D eigenvalue weighted by Crippen LogP contribution is -2.45. The minimum Gasteiger partial charge on any atom is -0.387 e. The van der Waals surface area contributed by atoms with Crippen molar-refractivity contribution >= 4 is 13.7 Å². The molecule has 0 aliphatic rings. The van der Waals surface area contributed by atoms with Crippen LogP contribution in [0.1, 0.15) is 155 Å². The summed E-state index contributed by atoms with van der Waals surface area (Å²) in [5.74, 6) is -0.213. The molecule has 3 unspecified atom stereocenters.